The first-order chi connectivity index (χ1) is 9.78. The fourth-order valence-corrected chi connectivity index (χ4v) is 2.21. The Kier molecular flexibility index (Phi) is 6.66. The minimum Gasteiger partial charge on any atom is -0.396 e. The second-order valence-corrected chi connectivity index (χ2v) is 5.41. The number of alkyl halides is 3. The third-order valence-electron chi connectivity index (χ3n) is 3.01. The second kappa shape index (κ2) is 7.79. The number of halogens is 4. The van der Waals surface area contributed by atoms with Crippen molar-refractivity contribution in [2.45, 2.75) is 32.5 Å². The van der Waals surface area contributed by atoms with Crippen LogP contribution in [0, 0.1) is 5.92 Å². The summed E-state index contributed by atoms with van der Waals surface area (Å²) in [6.07, 6.45) is -1.87. The third kappa shape index (κ3) is 5.66. The molecular formula is C12H17BrF3N3O2. The summed E-state index contributed by atoms with van der Waals surface area (Å²) in [7, 11) is 0. The molecule has 5 nitrogen and oxygen atoms in total. The summed E-state index contributed by atoms with van der Waals surface area (Å²) >= 11 is 3.00. The lowest BCUT2D eigenvalue weighted by atomic mass is 10.0. The molecule has 0 radical (unpaired) electrons. The maximum absolute atomic E-state index is 12.3. The Morgan fingerprint density at radius 1 is 1.52 bits per heavy atom. The topological polar surface area (TPSA) is 67.2 Å². The van der Waals surface area contributed by atoms with Crippen LogP contribution in [0.2, 0.25) is 0 Å². The Balaban J connectivity index is 2.82. The van der Waals surface area contributed by atoms with Gasteiger partial charge in [0.05, 0.1) is 11.9 Å². The number of hydrogen-bond acceptors (Lipinski definition) is 4. The van der Waals surface area contributed by atoms with Crippen molar-refractivity contribution in [2.24, 2.45) is 5.92 Å². The zero-order chi connectivity index (χ0) is 16.0. The van der Waals surface area contributed by atoms with E-state index in [1.807, 2.05) is 6.92 Å². The van der Waals surface area contributed by atoms with E-state index < -0.39 is 18.3 Å². The van der Waals surface area contributed by atoms with Crippen LogP contribution in [-0.2, 0) is 6.54 Å². The average Bonchev–Trinajstić information content (AvgIpc) is 2.40. The van der Waals surface area contributed by atoms with Gasteiger partial charge in [-0.25, -0.2) is 4.68 Å². The van der Waals surface area contributed by atoms with Crippen LogP contribution in [0.25, 0.3) is 0 Å². The number of aromatic nitrogens is 2. The molecule has 1 aromatic heterocycles. The first-order valence-corrected chi connectivity index (χ1v) is 7.24. The fourth-order valence-electron chi connectivity index (χ4n) is 1.76. The lowest BCUT2D eigenvalue weighted by molar-refractivity contribution is -0.143. The molecule has 1 heterocycles. The van der Waals surface area contributed by atoms with Crippen molar-refractivity contribution in [3.8, 4) is 0 Å². The highest BCUT2D eigenvalue weighted by molar-refractivity contribution is 9.10. The molecule has 1 aromatic rings. The van der Waals surface area contributed by atoms with Crippen molar-refractivity contribution in [2.75, 3.05) is 18.5 Å². The monoisotopic (exact) mass is 371 g/mol. The van der Waals surface area contributed by atoms with E-state index in [1.165, 1.54) is 6.20 Å². The van der Waals surface area contributed by atoms with Gasteiger partial charge < -0.3 is 10.4 Å². The van der Waals surface area contributed by atoms with Crippen LogP contribution in [0.4, 0.5) is 18.9 Å². The van der Waals surface area contributed by atoms with Crippen molar-refractivity contribution < 1.29 is 18.3 Å². The van der Waals surface area contributed by atoms with Gasteiger partial charge >= 0.3 is 6.18 Å². The normalized spacial score (nSPS) is 13.2. The van der Waals surface area contributed by atoms with Crippen LogP contribution in [0.3, 0.4) is 0 Å². The lowest BCUT2D eigenvalue weighted by Gasteiger charge is -2.16. The molecule has 120 valence electrons. The van der Waals surface area contributed by atoms with Gasteiger partial charge in [-0.2, -0.15) is 18.3 Å². The van der Waals surface area contributed by atoms with Crippen LogP contribution in [-0.4, -0.2) is 34.2 Å². The van der Waals surface area contributed by atoms with E-state index in [4.69, 9.17) is 5.11 Å². The van der Waals surface area contributed by atoms with Crippen molar-refractivity contribution in [3.63, 3.8) is 0 Å². The minimum atomic E-state index is -4.50. The Morgan fingerprint density at radius 2 is 2.19 bits per heavy atom. The highest BCUT2D eigenvalue weighted by Gasteiger charge is 2.29. The quantitative estimate of drug-likeness (QED) is 0.772. The van der Waals surface area contributed by atoms with Crippen molar-refractivity contribution in [1.29, 1.82) is 0 Å². The van der Waals surface area contributed by atoms with Gasteiger partial charge in [0, 0.05) is 13.2 Å². The Hall–Kier alpha value is -1.09. The van der Waals surface area contributed by atoms with E-state index in [2.05, 4.69) is 26.3 Å². The van der Waals surface area contributed by atoms with Gasteiger partial charge in [-0.15, -0.1) is 0 Å². The van der Waals surface area contributed by atoms with E-state index in [0.717, 1.165) is 6.42 Å². The summed E-state index contributed by atoms with van der Waals surface area (Å²) in [5.41, 5.74) is -0.498. The summed E-state index contributed by atoms with van der Waals surface area (Å²) < 4.78 is 37.2. The molecule has 2 N–H and O–H groups in total. The highest BCUT2D eigenvalue weighted by atomic mass is 79.9. The number of hydrogen-bond donors (Lipinski definition) is 2. The van der Waals surface area contributed by atoms with Gasteiger partial charge in [-0.1, -0.05) is 13.3 Å². The lowest BCUT2D eigenvalue weighted by Crippen LogP contribution is -2.31. The number of nitrogens with zero attached hydrogens (tertiary/aromatic N) is 2. The summed E-state index contributed by atoms with van der Waals surface area (Å²) in [5.74, 6) is 0.208. The molecule has 0 fully saturated rings. The summed E-state index contributed by atoms with van der Waals surface area (Å²) in [6, 6.07) is 0. The van der Waals surface area contributed by atoms with Crippen molar-refractivity contribution >= 4 is 21.6 Å². The Labute approximate surface area is 128 Å². The predicted octanol–water partition coefficient (Wildman–Crippen LogP) is 2.39. The van der Waals surface area contributed by atoms with Crippen molar-refractivity contribution in [1.82, 2.24) is 9.78 Å². The zero-order valence-electron chi connectivity index (χ0n) is 11.5. The van der Waals surface area contributed by atoms with Crippen LogP contribution in [0.15, 0.2) is 15.5 Å². The second-order valence-electron chi connectivity index (χ2n) is 4.62. The van der Waals surface area contributed by atoms with Crippen LogP contribution in [0.5, 0.6) is 0 Å². The molecule has 0 amide bonds. The molecular weight excluding hydrogens is 355 g/mol. The highest BCUT2D eigenvalue weighted by Crippen LogP contribution is 2.20. The molecule has 0 bridgehead atoms. The molecule has 1 rings (SSSR count). The van der Waals surface area contributed by atoms with E-state index in [9.17, 15) is 18.0 Å². The van der Waals surface area contributed by atoms with Crippen LogP contribution >= 0.6 is 15.9 Å². The third-order valence-corrected chi connectivity index (χ3v) is 3.78. The minimum absolute atomic E-state index is 0.0144. The summed E-state index contributed by atoms with van der Waals surface area (Å²) in [5, 5.41) is 15.4. The average molecular weight is 372 g/mol. The van der Waals surface area contributed by atoms with Crippen LogP contribution < -0.4 is 10.9 Å². The van der Waals surface area contributed by atoms with Gasteiger partial charge in [0.25, 0.3) is 5.56 Å². The molecule has 0 aliphatic carbocycles. The van der Waals surface area contributed by atoms with E-state index >= 15 is 0 Å². The standard InChI is InChI=1S/C12H17BrF3N3O2/c1-2-8(3-4-20)5-17-9-6-18-19(7-12(14,15)16)11(21)10(9)13/h6,8,17,20H,2-5,7H2,1H3. The Bertz CT molecular complexity index is 519. The summed E-state index contributed by atoms with van der Waals surface area (Å²) in [4.78, 5) is 11.8. The first kappa shape index (κ1) is 18.0. The Morgan fingerprint density at radius 3 is 2.71 bits per heavy atom. The summed E-state index contributed by atoms with van der Waals surface area (Å²) in [6.45, 7) is 1.11. The molecule has 0 aromatic carbocycles. The molecule has 0 aliphatic rings. The molecule has 0 aliphatic heterocycles. The van der Waals surface area contributed by atoms with Gasteiger partial charge in [0.2, 0.25) is 0 Å². The van der Waals surface area contributed by atoms with E-state index in [1.54, 1.807) is 0 Å². The molecule has 0 spiro atoms. The number of nitrogens with one attached hydrogen (secondary N) is 1. The van der Waals surface area contributed by atoms with E-state index in [-0.39, 0.29) is 17.0 Å². The number of aliphatic hydroxyl groups is 1. The maximum Gasteiger partial charge on any atom is 0.408 e. The molecule has 0 saturated carbocycles. The van der Waals surface area contributed by atoms with Gasteiger partial charge in [-0.3, -0.25) is 4.79 Å². The molecule has 1 atom stereocenters. The molecule has 21 heavy (non-hydrogen) atoms. The SMILES string of the molecule is CCC(CCO)CNc1cnn(CC(F)(F)F)c(=O)c1Br. The van der Waals surface area contributed by atoms with Gasteiger partial charge in [0.1, 0.15) is 11.0 Å². The predicted molar refractivity (Wildman–Crippen MR) is 76.2 cm³/mol. The largest absolute Gasteiger partial charge is 0.408 e. The van der Waals surface area contributed by atoms with Gasteiger partial charge in [0.15, 0.2) is 0 Å². The van der Waals surface area contributed by atoms with Crippen molar-refractivity contribution in [3.05, 3.63) is 21.0 Å². The fraction of sp³-hybridized carbons (Fsp3) is 0.667. The first-order valence-electron chi connectivity index (χ1n) is 6.45. The number of aliphatic hydroxyl groups excluding tert-OH is 1. The molecule has 0 saturated heterocycles. The maximum atomic E-state index is 12.3. The van der Waals surface area contributed by atoms with Gasteiger partial charge in [-0.05, 0) is 28.3 Å². The zero-order valence-corrected chi connectivity index (χ0v) is 13.0. The molecule has 1 unspecified atom stereocenters. The van der Waals surface area contributed by atoms with E-state index in [0.29, 0.717) is 23.3 Å². The number of anilines is 1. The number of rotatable bonds is 7. The van der Waals surface area contributed by atoms with Crippen LogP contribution in [0.1, 0.15) is 19.8 Å². The molecule has 9 heteroatoms. The smallest absolute Gasteiger partial charge is 0.396 e.